The summed E-state index contributed by atoms with van der Waals surface area (Å²) >= 11 is 0. The molecule has 1 aliphatic rings. The van der Waals surface area contributed by atoms with E-state index in [9.17, 15) is 22.8 Å². The summed E-state index contributed by atoms with van der Waals surface area (Å²) in [7, 11) is -2.62. The first kappa shape index (κ1) is 25.2. The first-order valence-electron chi connectivity index (χ1n) is 11.0. The Morgan fingerprint density at radius 1 is 1.09 bits per heavy atom. The van der Waals surface area contributed by atoms with Gasteiger partial charge in [-0.2, -0.15) is 0 Å². The molecule has 1 aliphatic heterocycles. The van der Waals surface area contributed by atoms with Crippen molar-refractivity contribution in [1.82, 2.24) is 14.5 Å². The molecular weight excluding hydrogens is 458 g/mol. The van der Waals surface area contributed by atoms with Crippen LogP contribution in [-0.4, -0.2) is 61.1 Å². The van der Waals surface area contributed by atoms with Crippen LogP contribution in [0.25, 0.3) is 0 Å². The van der Waals surface area contributed by atoms with Gasteiger partial charge in [0.25, 0.3) is 15.9 Å². The molecule has 3 amide bonds. The molecule has 2 atom stereocenters. The van der Waals surface area contributed by atoms with E-state index >= 15 is 0 Å². The van der Waals surface area contributed by atoms with Crippen LogP contribution < -0.4 is 10.1 Å². The second kappa shape index (κ2) is 10.3. The molecule has 1 heterocycles. The van der Waals surface area contributed by atoms with E-state index in [-0.39, 0.29) is 29.0 Å². The molecule has 0 aromatic heterocycles. The van der Waals surface area contributed by atoms with Gasteiger partial charge in [-0.3, -0.25) is 14.4 Å². The van der Waals surface area contributed by atoms with Crippen molar-refractivity contribution in [2.75, 3.05) is 13.7 Å². The van der Waals surface area contributed by atoms with Gasteiger partial charge in [0.15, 0.2) is 0 Å². The molecule has 0 saturated heterocycles. The van der Waals surface area contributed by atoms with Crippen LogP contribution in [0, 0.1) is 0 Å². The lowest BCUT2D eigenvalue weighted by molar-refractivity contribution is -0.140. The topological polar surface area (TPSA) is 113 Å². The van der Waals surface area contributed by atoms with Crippen molar-refractivity contribution in [3.05, 3.63) is 59.7 Å². The van der Waals surface area contributed by atoms with Gasteiger partial charge in [-0.1, -0.05) is 31.2 Å². The molecule has 0 bridgehead atoms. The normalized spacial score (nSPS) is 15.9. The minimum atomic E-state index is -4.16. The number of methoxy groups -OCH3 is 1. The third-order valence-electron chi connectivity index (χ3n) is 5.87. The van der Waals surface area contributed by atoms with Crippen LogP contribution in [0.2, 0.25) is 0 Å². The molecule has 0 saturated carbocycles. The highest BCUT2D eigenvalue weighted by Crippen LogP contribution is 2.30. The molecule has 2 unspecified atom stereocenters. The Bertz CT molecular complexity index is 1180. The minimum absolute atomic E-state index is 0.0274. The molecule has 10 heteroatoms. The van der Waals surface area contributed by atoms with Crippen LogP contribution in [0.1, 0.15) is 43.1 Å². The summed E-state index contributed by atoms with van der Waals surface area (Å²) in [6.07, 6.45) is 0.712. The number of benzene rings is 2. The zero-order chi connectivity index (χ0) is 25.0. The van der Waals surface area contributed by atoms with E-state index in [1.54, 1.807) is 37.3 Å². The lowest BCUT2D eigenvalue weighted by Gasteiger charge is -2.30. The molecular formula is C24H29N3O6S. The number of amides is 3. The van der Waals surface area contributed by atoms with Crippen molar-refractivity contribution < 1.29 is 27.5 Å². The first-order chi connectivity index (χ1) is 16.1. The average Bonchev–Trinajstić information content (AvgIpc) is 3.02. The standard InChI is InChI=1S/C24H29N3O6S/c1-5-16(2)25-23(29)17(3)26(14-18-10-12-19(33-4)13-11-18)22(28)15-27-24(30)20-8-6-7-9-21(20)34(27,31)32/h6-13,16-17H,5,14-15H2,1-4H3,(H,25,29). The van der Waals surface area contributed by atoms with Crippen LogP contribution in [-0.2, 0) is 26.2 Å². The highest BCUT2D eigenvalue weighted by molar-refractivity contribution is 7.90. The molecule has 2 aromatic rings. The predicted octanol–water partition coefficient (Wildman–Crippen LogP) is 2.17. The number of rotatable bonds is 9. The summed E-state index contributed by atoms with van der Waals surface area (Å²) in [6.45, 7) is 4.71. The second-order valence-corrected chi connectivity index (χ2v) is 10.0. The van der Waals surface area contributed by atoms with Gasteiger partial charge < -0.3 is 15.0 Å². The fourth-order valence-corrected chi connectivity index (χ4v) is 5.10. The van der Waals surface area contributed by atoms with E-state index in [0.29, 0.717) is 16.5 Å². The fraction of sp³-hybridized carbons (Fsp3) is 0.375. The van der Waals surface area contributed by atoms with Gasteiger partial charge in [-0.15, -0.1) is 0 Å². The lowest BCUT2D eigenvalue weighted by Crippen LogP contribution is -2.52. The number of ether oxygens (including phenoxy) is 1. The van der Waals surface area contributed by atoms with E-state index in [2.05, 4.69) is 5.32 Å². The maximum absolute atomic E-state index is 13.4. The molecule has 0 spiro atoms. The molecule has 2 aromatic carbocycles. The highest BCUT2D eigenvalue weighted by Gasteiger charge is 2.43. The molecule has 0 fully saturated rings. The van der Waals surface area contributed by atoms with Crippen LogP contribution in [0.5, 0.6) is 5.75 Å². The van der Waals surface area contributed by atoms with E-state index in [0.717, 1.165) is 5.56 Å². The SMILES string of the molecule is CCC(C)NC(=O)C(C)N(Cc1ccc(OC)cc1)C(=O)CN1C(=O)c2ccccc2S1(=O)=O. The lowest BCUT2D eigenvalue weighted by atomic mass is 10.1. The minimum Gasteiger partial charge on any atom is -0.497 e. The summed E-state index contributed by atoms with van der Waals surface area (Å²) in [5.41, 5.74) is 0.746. The third kappa shape index (κ3) is 5.06. The van der Waals surface area contributed by atoms with Gasteiger partial charge in [0, 0.05) is 12.6 Å². The Morgan fingerprint density at radius 2 is 1.74 bits per heavy atom. The Hall–Kier alpha value is -3.40. The largest absolute Gasteiger partial charge is 0.497 e. The number of nitrogens with zero attached hydrogens (tertiary/aromatic N) is 2. The van der Waals surface area contributed by atoms with Gasteiger partial charge >= 0.3 is 0 Å². The number of fused-ring (bicyclic) bond motifs is 1. The van der Waals surface area contributed by atoms with Gasteiger partial charge in [0.2, 0.25) is 11.8 Å². The highest BCUT2D eigenvalue weighted by atomic mass is 32.2. The summed E-state index contributed by atoms with van der Waals surface area (Å²) in [6, 6.07) is 11.8. The molecule has 9 nitrogen and oxygen atoms in total. The molecule has 3 rings (SSSR count). The summed E-state index contributed by atoms with van der Waals surface area (Å²) in [5.74, 6) is -1.15. The second-order valence-electron chi connectivity index (χ2n) is 8.18. The van der Waals surface area contributed by atoms with Crippen molar-refractivity contribution >= 4 is 27.7 Å². The fourth-order valence-electron chi connectivity index (χ4n) is 3.58. The Morgan fingerprint density at radius 3 is 2.32 bits per heavy atom. The number of nitrogens with one attached hydrogen (secondary N) is 1. The van der Waals surface area contributed by atoms with Crippen molar-refractivity contribution in [3.63, 3.8) is 0 Å². The quantitative estimate of drug-likeness (QED) is 0.580. The zero-order valence-electron chi connectivity index (χ0n) is 19.6. The summed E-state index contributed by atoms with van der Waals surface area (Å²) < 4.78 is 31.6. The van der Waals surface area contributed by atoms with Crippen molar-refractivity contribution in [1.29, 1.82) is 0 Å². The van der Waals surface area contributed by atoms with Crippen molar-refractivity contribution in [2.45, 2.75) is 50.7 Å². The number of hydrogen-bond donors (Lipinski definition) is 1. The maximum atomic E-state index is 13.4. The van der Waals surface area contributed by atoms with Gasteiger partial charge in [-0.25, -0.2) is 12.7 Å². The Labute approximate surface area is 199 Å². The van der Waals surface area contributed by atoms with Crippen molar-refractivity contribution in [2.24, 2.45) is 0 Å². The number of sulfonamides is 1. The van der Waals surface area contributed by atoms with E-state index < -0.39 is 34.4 Å². The van der Waals surface area contributed by atoms with Crippen molar-refractivity contribution in [3.8, 4) is 5.75 Å². The molecule has 182 valence electrons. The van der Waals surface area contributed by atoms with Gasteiger partial charge in [0.1, 0.15) is 23.2 Å². The predicted molar refractivity (Wildman–Crippen MR) is 126 cm³/mol. The van der Waals surface area contributed by atoms with Gasteiger partial charge in [0.05, 0.1) is 12.7 Å². The maximum Gasteiger partial charge on any atom is 0.269 e. The van der Waals surface area contributed by atoms with Crippen LogP contribution in [0.15, 0.2) is 53.4 Å². The van der Waals surface area contributed by atoms with Crippen LogP contribution in [0.3, 0.4) is 0 Å². The number of carbonyl (C=O) groups excluding carboxylic acids is 3. The Kier molecular flexibility index (Phi) is 7.61. The summed E-state index contributed by atoms with van der Waals surface area (Å²) in [5, 5.41) is 2.85. The zero-order valence-corrected chi connectivity index (χ0v) is 20.5. The van der Waals surface area contributed by atoms with E-state index in [4.69, 9.17) is 4.74 Å². The average molecular weight is 488 g/mol. The van der Waals surface area contributed by atoms with Crippen LogP contribution in [0.4, 0.5) is 0 Å². The molecule has 0 radical (unpaired) electrons. The first-order valence-corrected chi connectivity index (χ1v) is 12.4. The number of hydrogen-bond acceptors (Lipinski definition) is 6. The van der Waals surface area contributed by atoms with E-state index in [1.807, 2.05) is 13.8 Å². The molecule has 1 N–H and O–H groups in total. The molecule has 34 heavy (non-hydrogen) atoms. The van der Waals surface area contributed by atoms with Gasteiger partial charge in [-0.05, 0) is 50.1 Å². The van der Waals surface area contributed by atoms with E-state index in [1.165, 1.54) is 30.2 Å². The summed E-state index contributed by atoms with van der Waals surface area (Å²) in [4.78, 5) is 40.1. The molecule has 0 aliphatic carbocycles. The Balaban J connectivity index is 1.88. The smallest absolute Gasteiger partial charge is 0.269 e. The third-order valence-corrected chi connectivity index (χ3v) is 7.66. The number of carbonyl (C=O) groups is 3. The van der Waals surface area contributed by atoms with Crippen LogP contribution >= 0.6 is 0 Å². The monoisotopic (exact) mass is 487 g/mol.